The van der Waals surface area contributed by atoms with Gasteiger partial charge in [0.15, 0.2) is 5.60 Å². The highest BCUT2D eigenvalue weighted by molar-refractivity contribution is 5.90. The van der Waals surface area contributed by atoms with Crippen LogP contribution in [0.1, 0.15) is 182 Å². The highest BCUT2D eigenvalue weighted by atomic mass is 16.6. The molecule has 3 fully saturated rings. The summed E-state index contributed by atoms with van der Waals surface area (Å²) in [4.78, 5) is 78.4. The van der Waals surface area contributed by atoms with Crippen LogP contribution < -0.4 is 9.47 Å². The number of hydrogen-bond donors (Lipinski definition) is 0. The Morgan fingerprint density at radius 2 is 0.975 bits per heavy atom. The lowest BCUT2D eigenvalue weighted by atomic mass is 9.76. The van der Waals surface area contributed by atoms with Gasteiger partial charge in [-0.1, -0.05) is 56.2 Å². The molecular weight excluding hydrogens is 1020 g/mol. The molecule has 3 aliphatic rings. The Morgan fingerprint density at radius 1 is 0.568 bits per heavy atom. The molecule has 0 spiro atoms. The van der Waals surface area contributed by atoms with Crippen LogP contribution in [0.25, 0.3) is 0 Å². The number of terminal acetylenes is 1. The van der Waals surface area contributed by atoms with Crippen molar-refractivity contribution >= 4 is 35.8 Å². The fourth-order valence-electron chi connectivity index (χ4n) is 11.3. The van der Waals surface area contributed by atoms with Crippen molar-refractivity contribution in [2.45, 2.75) is 167 Å². The second-order valence-electron chi connectivity index (χ2n) is 23.6. The van der Waals surface area contributed by atoms with Crippen LogP contribution in [0, 0.1) is 65.6 Å². The van der Waals surface area contributed by atoms with Gasteiger partial charge >= 0.3 is 35.8 Å². The molecule has 424 valence electrons. The van der Waals surface area contributed by atoms with E-state index in [4.69, 9.17) is 34.8 Å². The molecule has 0 radical (unpaired) electrons. The molecule has 3 aliphatic carbocycles. The molecule has 1 atom stereocenters. The fourth-order valence-corrected chi connectivity index (χ4v) is 11.3. The summed E-state index contributed by atoms with van der Waals surface area (Å²) in [6.07, 6.45) is 13.6. The van der Waals surface area contributed by atoms with Crippen LogP contribution >= 0.6 is 0 Å². The maximum absolute atomic E-state index is 14.0. The van der Waals surface area contributed by atoms with Crippen LogP contribution in [0.4, 0.5) is 0 Å². The van der Waals surface area contributed by atoms with Crippen LogP contribution in [-0.4, -0.2) is 58.7 Å². The minimum atomic E-state index is -1.11. The lowest BCUT2D eigenvalue weighted by molar-refractivity contribution is -0.168. The highest BCUT2D eigenvalue weighted by Gasteiger charge is 2.40. The van der Waals surface area contributed by atoms with Crippen LogP contribution in [-0.2, 0) is 42.9 Å². The van der Waals surface area contributed by atoms with Crippen molar-refractivity contribution in [2.24, 2.45) is 29.6 Å². The van der Waals surface area contributed by atoms with Gasteiger partial charge in [0.25, 0.3) is 0 Å². The number of benzene rings is 4. The molecule has 4 aromatic carbocycles. The number of carbonyl (C=O) groups is 6. The third-order valence-electron chi connectivity index (χ3n) is 15.4. The largest absolute Gasteiger partial charge is 0.459 e. The van der Waals surface area contributed by atoms with Crippen LogP contribution in [0.5, 0.6) is 11.5 Å². The smallest absolute Gasteiger partial charge is 0.339 e. The molecule has 0 aliphatic heterocycles. The zero-order valence-electron chi connectivity index (χ0n) is 47.9. The molecule has 12 heteroatoms. The van der Waals surface area contributed by atoms with E-state index in [-0.39, 0.29) is 59.0 Å². The van der Waals surface area contributed by atoms with Crippen molar-refractivity contribution in [3.63, 3.8) is 0 Å². The van der Waals surface area contributed by atoms with E-state index in [0.29, 0.717) is 101 Å². The predicted molar refractivity (Wildman–Crippen MR) is 308 cm³/mol. The minimum Gasteiger partial charge on any atom is -0.459 e. The van der Waals surface area contributed by atoms with E-state index in [1.807, 2.05) is 74.5 Å². The van der Waals surface area contributed by atoms with Gasteiger partial charge in [0, 0.05) is 34.8 Å². The second kappa shape index (κ2) is 27.5. The van der Waals surface area contributed by atoms with Gasteiger partial charge in [0.1, 0.15) is 28.8 Å². The number of rotatable bonds is 17. The molecule has 0 aromatic heterocycles. The van der Waals surface area contributed by atoms with Crippen LogP contribution in [0.15, 0.2) is 110 Å². The van der Waals surface area contributed by atoms with Crippen molar-refractivity contribution in [1.82, 2.24) is 0 Å². The van der Waals surface area contributed by atoms with Crippen molar-refractivity contribution in [3.8, 4) is 47.5 Å². The Hall–Kier alpha value is -7.88. The molecular formula is C69H76O12. The third kappa shape index (κ3) is 18.1. The Morgan fingerprint density at radius 3 is 1.41 bits per heavy atom. The Labute approximate surface area is 478 Å². The third-order valence-corrected chi connectivity index (χ3v) is 15.4. The van der Waals surface area contributed by atoms with Gasteiger partial charge in [-0.05, 0) is 226 Å². The Balaban J connectivity index is 0.950. The molecule has 12 nitrogen and oxygen atoms in total. The van der Waals surface area contributed by atoms with Gasteiger partial charge in [-0.3, -0.25) is 19.2 Å². The number of ether oxygens (including phenoxy) is 6. The van der Waals surface area contributed by atoms with Crippen molar-refractivity contribution in [3.05, 3.63) is 143 Å². The molecule has 1 unspecified atom stereocenters. The second-order valence-corrected chi connectivity index (χ2v) is 23.6. The first kappa shape index (κ1) is 60.8. The van der Waals surface area contributed by atoms with Gasteiger partial charge in [-0.2, -0.15) is 0 Å². The molecule has 0 bridgehead atoms. The molecule has 0 amide bonds. The summed E-state index contributed by atoms with van der Waals surface area (Å²) in [5, 5.41) is 0. The molecule has 81 heavy (non-hydrogen) atoms. The summed E-state index contributed by atoms with van der Waals surface area (Å²) in [6.45, 7) is 16.8. The molecule has 0 heterocycles. The standard InChI is InChI=1S/C69H76O12/c1-10-48-12-14-49(15-13-48)16-17-50-18-20-51(21-19-50)38-41-69(81-66(75)58-32-36-60(37-33-58)78-63(72)55-22-26-56(27-23-55)64(73)79-67(6,7)44-46(3)4)42-39-53(40-43-69)52-30-34-59(35-31-52)77-62(71)54-24-28-57(29-25-54)65(74)80-68(8,9)45-47(5)76-61(70)11-2/h1,11-15,18-21,30-37,46-47,53-57H,2,22-29,39-40,42-45H2,3-9H3. The summed E-state index contributed by atoms with van der Waals surface area (Å²) in [6, 6.07) is 28.9. The molecule has 4 aromatic rings. The van der Waals surface area contributed by atoms with Crippen molar-refractivity contribution in [2.75, 3.05) is 0 Å². The average Bonchev–Trinajstić information content (AvgIpc) is 3.44. The topological polar surface area (TPSA) is 158 Å². The molecule has 0 saturated heterocycles. The Kier molecular flexibility index (Phi) is 20.6. The van der Waals surface area contributed by atoms with Crippen LogP contribution in [0.2, 0.25) is 0 Å². The summed E-state index contributed by atoms with van der Waals surface area (Å²) in [5.41, 5.74) is 2.00. The minimum absolute atomic E-state index is 0.120. The lowest BCUT2D eigenvalue weighted by Gasteiger charge is -2.36. The number of carbonyl (C=O) groups excluding carboxylic acids is 6. The first-order valence-corrected chi connectivity index (χ1v) is 28.5. The van der Waals surface area contributed by atoms with Gasteiger partial charge in [0.05, 0.1) is 29.2 Å². The summed E-state index contributed by atoms with van der Waals surface area (Å²) < 4.78 is 35.0. The van der Waals surface area contributed by atoms with Gasteiger partial charge < -0.3 is 28.4 Å². The van der Waals surface area contributed by atoms with E-state index >= 15 is 0 Å². The van der Waals surface area contributed by atoms with Gasteiger partial charge in [0.2, 0.25) is 0 Å². The lowest BCUT2D eigenvalue weighted by Crippen LogP contribution is -2.37. The highest BCUT2D eigenvalue weighted by Crippen LogP contribution is 2.42. The van der Waals surface area contributed by atoms with Crippen molar-refractivity contribution < 1.29 is 57.2 Å². The maximum atomic E-state index is 14.0. The first-order chi connectivity index (χ1) is 38.6. The molecule has 7 rings (SSSR count). The monoisotopic (exact) mass is 1100 g/mol. The first-order valence-electron chi connectivity index (χ1n) is 28.5. The van der Waals surface area contributed by atoms with Crippen LogP contribution in [0.3, 0.4) is 0 Å². The van der Waals surface area contributed by atoms with E-state index in [1.165, 1.54) is 0 Å². The average molecular weight is 1100 g/mol. The fraction of sp³-hybridized carbons (Fsp3) is 0.449. The normalized spacial score (nSPS) is 21.1. The van der Waals surface area contributed by atoms with E-state index in [1.54, 1.807) is 57.2 Å². The number of esters is 6. The molecule has 0 N–H and O–H groups in total. The summed E-state index contributed by atoms with van der Waals surface area (Å²) >= 11 is 0. The zero-order valence-corrected chi connectivity index (χ0v) is 47.9. The van der Waals surface area contributed by atoms with Crippen molar-refractivity contribution in [1.29, 1.82) is 0 Å². The summed E-state index contributed by atoms with van der Waals surface area (Å²) in [5.74, 6) is 13.2. The van der Waals surface area contributed by atoms with E-state index in [2.05, 4.69) is 50.0 Å². The Bertz CT molecular complexity index is 3040. The molecule has 3 saturated carbocycles. The quantitative estimate of drug-likeness (QED) is 0.0324. The summed E-state index contributed by atoms with van der Waals surface area (Å²) in [7, 11) is 0. The number of hydrogen-bond acceptors (Lipinski definition) is 12. The van der Waals surface area contributed by atoms with E-state index in [0.717, 1.165) is 40.3 Å². The van der Waals surface area contributed by atoms with E-state index < -0.39 is 34.8 Å². The van der Waals surface area contributed by atoms with Gasteiger partial charge in [-0.25, -0.2) is 9.59 Å². The van der Waals surface area contributed by atoms with E-state index in [9.17, 15) is 28.8 Å². The maximum Gasteiger partial charge on any atom is 0.339 e. The zero-order chi connectivity index (χ0) is 58.3. The van der Waals surface area contributed by atoms with Gasteiger partial charge in [-0.15, -0.1) is 6.42 Å². The SMILES string of the molecule is C#Cc1ccc(C#Cc2ccc(C#CC3(OC(=O)c4ccc(OC(=O)C5CCC(C(=O)OC(C)(C)CC(C)C)CC5)cc4)CCC(c4ccc(OC(=O)C5CCC(C(=O)OC(C)(C)CC(C)OC(=O)C=C)CC5)cc4)CC3)cc2)cc1. The predicted octanol–water partition coefficient (Wildman–Crippen LogP) is 13.0.